The highest BCUT2D eigenvalue weighted by Crippen LogP contribution is 2.11. The van der Waals surface area contributed by atoms with Gasteiger partial charge in [0.1, 0.15) is 5.75 Å². The third kappa shape index (κ3) is 6.45. The van der Waals surface area contributed by atoms with E-state index in [0.29, 0.717) is 24.8 Å². The number of rotatable bonds is 9. The van der Waals surface area contributed by atoms with E-state index in [9.17, 15) is 0 Å². The average Bonchev–Trinajstić information content (AvgIpc) is 3.09. The van der Waals surface area contributed by atoms with E-state index in [1.54, 1.807) is 7.11 Å². The maximum absolute atomic E-state index is 5.87. The first-order valence-electron chi connectivity index (χ1n) is 8.57. The first kappa shape index (κ1) is 18.8. The topological polar surface area (TPSA) is 98.6 Å². The van der Waals surface area contributed by atoms with Crippen molar-refractivity contribution in [3.05, 3.63) is 41.5 Å². The second kappa shape index (κ2) is 9.66. The van der Waals surface area contributed by atoms with Crippen molar-refractivity contribution in [2.45, 2.75) is 39.0 Å². The van der Waals surface area contributed by atoms with Crippen molar-refractivity contribution in [3.8, 4) is 5.75 Å². The van der Waals surface area contributed by atoms with Gasteiger partial charge in [-0.15, -0.1) is 0 Å². The lowest BCUT2D eigenvalue weighted by Crippen LogP contribution is -2.33. The van der Waals surface area contributed by atoms with Gasteiger partial charge in [0.25, 0.3) is 0 Å². The molecule has 1 aromatic carbocycles. The van der Waals surface area contributed by atoms with E-state index in [1.165, 1.54) is 5.56 Å². The van der Waals surface area contributed by atoms with Crippen LogP contribution >= 0.6 is 0 Å². The largest absolute Gasteiger partial charge is 0.497 e. The quantitative estimate of drug-likeness (QED) is 0.411. The van der Waals surface area contributed by atoms with Crippen LogP contribution in [-0.2, 0) is 12.8 Å². The van der Waals surface area contributed by atoms with Crippen LogP contribution in [-0.4, -0.2) is 36.3 Å². The summed E-state index contributed by atoms with van der Waals surface area (Å²) in [5, 5.41) is 7.07. The van der Waals surface area contributed by atoms with Crippen LogP contribution in [0.25, 0.3) is 0 Å². The van der Waals surface area contributed by atoms with Gasteiger partial charge in [0.05, 0.1) is 7.11 Å². The summed E-state index contributed by atoms with van der Waals surface area (Å²) in [6, 6.07) is 8.00. The highest BCUT2D eigenvalue weighted by Gasteiger charge is 2.08. The zero-order chi connectivity index (χ0) is 18.1. The molecule has 0 bridgehead atoms. The zero-order valence-corrected chi connectivity index (χ0v) is 15.2. The van der Waals surface area contributed by atoms with Crippen LogP contribution in [0.1, 0.15) is 43.5 Å². The summed E-state index contributed by atoms with van der Waals surface area (Å²) in [5.74, 6) is 3.01. The second-order valence-electron chi connectivity index (χ2n) is 6.10. The Kier molecular flexibility index (Phi) is 7.25. The SMILES string of the molecule is COc1ccc(CCNC(N)=NCCCc2nc(C(C)C)no2)cc1. The Morgan fingerprint density at radius 3 is 2.68 bits per heavy atom. The Labute approximate surface area is 148 Å². The van der Waals surface area contributed by atoms with Crippen LogP contribution in [0, 0.1) is 0 Å². The smallest absolute Gasteiger partial charge is 0.226 e. The van der Waals surface area contributed by atoms with Crippen LogP contribution in [0.4, 0.5) is 0 Å². The molecule has 2 rings (SSSR count). The van der Waals surface area contributed by atoms with E-state index in [1.807, 2.05) is 38.1 Å². The number of hydrogen-bond acceptors (Lipinski definition) is 5. The molecule has 0 aliphatic heterocycles. The molecule has 0 atom stereocenters. The molecule has 7 nitrogen and oxygen atoms in total. The first-order valence-corrected chi connectivity index (χ1v) is 8.57. The van der Waals surface area contributed by atoms with Gasteiger partial charge in [0.15, 0.2) is 11.8 Å². The lowest BCUT2D eigenvalue weighted by Gasteiger charge is -2.06. The van der Waals surface area contributed by atoms with Crippen LogP contribution in [0.15, 0.2) is 33.8 Å². The number of nitrogens with one attached hydrogen (secondary N) is 1. The molecule has 1 aromatic heterocycles. The van der Waals surface area contributed by atoms with Crippen LogP contribution in [0.2, 0.25) is 0 Å². The van der Waals surface area contributed by atoms with E-state index < -0.39 is 0 Å². The van der Waals surface area contributed by atoms with E-state index in [4.69, 9.17) is 15.0 Å². The van der Waals surface area contributed by atoms with Gasteiger partial charge in [0.2, 0.25) is 5.89 Å². The van der Waals surface area contributed by atoms with Gasteiger partial charge in [-0.2, -0.15) is 4.98 Å². The minimum absolute atomic E-state index is 0.279. The van der Waals surface area contributed by atoms with Crippen molar-refractivity contribution < 1.29 is 9.26 Å². The van der Waals surface area contributed by atoms with Crippen molar-refractivity contribution in [1.29, 1.82) is 0 Å². The normalized spacial score (nSPS) is 11.8. The molecular formula is C18H27N5O2. The fourth-order valence-corrected chi connectivity index (χ4v) is 2.22. The molecule has 25 heavy (non-hydrogen) atoms. The molecule has 7 heteroatoms. The Morgan fingerprint density at radius 1 is 1.28 bits per heavy atom. The molecule has 0 saturated heterocycles. The van der Waals surface area contributed by atoms with Crippen molar-refractivity contribution >= 4 is 5.96 Å². The maximum atomic E-state index is 5.87. The van der Waals surface area contributed by atoms with Gasteiger partial charge in [0, 0.05) is 25.4 Å². The third-order valence-corrected chi connectivity index (χ3v) is 3.71. The lowest BCUT2D eigenvalue weighted by molar-refractivity contribution is 0.369. The minimum Gasteiger partial charge on any atom is -0.497 e. The van der Waals surface area contributed by atoms with Gasteiger partial charge in [-0.3, -0.25) is 4.99 Å². The summed E-state index contributed by atoms with van der Waals surface area (Å²) in [5.41, 5.74) is 7.10. The van der Waals surface area contributed by atoms with Gasteiger partial charge in [-0.1, -0.05) is 31.1 Å². The average molecular weight is 345 g/mol. The monoisotopic (exact) mass is 345 g/mol. The second-order valence-corrected chi connectivity index (χ2v) is 6.10. The van der Waals surface area contributed by atoms with Gasteiger partial charge < -0.3 is 20.3 Å². The summed E-state index contributed by atoms with van der Waals surface area (Å²) < 4.78 is 10.3. The first-order chi connectivity index (χ1) is 12.1. The van der Waals surface area contributed by atoms with Gasteiger partial charge in [-0.25, -0.2) is 0 Å². The predicted molar refractivity (Wildman–Crippen MR) is 97.9 cm³/mol. The van der Waals surface area contributed by atoms with E-state index in [2.05, 4.69) is 20.4 Å². The van der Waals surface area contributed by atoms with Crippen molar-refractivity contribution in [1.82, 2.24) is 15.5 Å². The molecule has 0 saturated carbocycles. The van der Waals surface area contributed by atoms with Crippen LogP contribution in [0.3, 0.4) is 0 Å². The molecule has 0 aliphatic carbocycles. The van der Waals surface area contributed by atoms with Crippen LogP contribution in [0.5, 0.6) is 5.75 Å². The molecule has 0 fully saturated rings. The summed E-state index contributed by atoms with van der Waals surface area (Å²) >= 11 is 0. The summed E-state index contributed by atoms with van der Waals surface area (Å²) in [7, 11) is 1.66. The minimum atomic E-state index is 0.279. The summed E-state index contributed by atoms with van der Waals surface area (Å²) in [6.45, 7) is 5.44. The number of aryl methyl sites for hydroxylation is 1. The summed E-state index contributed by atoms with van der Waals surface area (Å²) in [4.78, 5) is 8.65. The molecule has 1 heterocycles. The fraction of sp³-hybridized carbons (Fsp3) is 0.500. The van der Waals surface area contributed by atoms with E-state index in [0.717, 1.165) is 31.0 Å². The number of nitrogens with two attached hydrogens (primary N) is 1. The van der Waals surface area contributed by atoms with Gasteiger partial charge >= 0.3 is 0 Å². The summed E-state index contributed by atoms with van der Waals surface area (Å²) in [6.07, 6.45) is 2.41. The number of hydrogen-bond donors (Lipinski definition) is 2. The Balaban J connectivity index is 1.63. The number of aromatic nitrogens is 2. The molecule has 3 N–H and O–H groups in total. The zero-order valence-electron chi connectivity index (χ0n) is 15.2. The highest BCUT2D eigenvalue weighted by molar-refractivity contribution is 5.77. The number of guanidine groups is 1. The highest BCUT2D eigenvalue weighted by atomic mass is 16.5. The Bertz CT molecular complexity index is 664. The van der Waals surface area contributed by atoms with Crippen molar-refractivity contribution in [3.63, 3.8) is 0 Å². The Hall–Kier alpha value is -2.57. The molecule has 0 spiro atoms. The molecule has 0 aliphatic rings. The number of methoxy groups -OCH3 is 1. The third-order valence-electron chi connectivity index (χ3n) is 3.71. The predicted octanol–water partition coefficient (Wildman–Crippen LogP) is 2.28. The molecule has 2 aromatic rings. The number of aliphatic imine (C=N–C) groups is 1. The number of benzene rings is 1. The molecule has 136 valence electrons. The maximum Gasteiger partial charge on any atom is 0.226 e. The number of nitrogens with zero attached hydrogens (tertiary/aromatic N) is 3. The van der Waals surface area contributed by atoms with Crippen LogP contribution < -0.4 is 15.8 Å². The van der Waals surface area contributed by atoms with E-state index >= 15 is 0 Å². The molecule has 0 radical (unpaired) electrons. The molecule has 0 unspecified atom stereocenters. The Morgan fingerprint density at radius 2 is 2.04 bits per heavy atom. The van der Waals surface area contributed by atoms with E-state index in [-0.39, 0.29) is 5.92 Å². The standard InChI is InChI=1S/C18H27N5O2/c1-13(2)17-22-16(25-23-17)5-4-11-20-18(19)21-12-10-14-6-8-15(24-3)9-7-14/h6-9,13H,4-5,10-12H2,1-3H3,(H3,19,20,21). The lowest BCUT2D eigenvalue weighted by atomic mass is 10.1. The van der Waals surface area contributed by atoms with Gasteiger partial charge in [-0.05, 0) is 30.5 Å². The fourth-order valence-electron chi connectivity index (χ4n) is 2.22. The molecular weight excluding hydrogens is 318 g/mol. The number of ether oxygens (including phenoxy) is 1. The molecule has 0 amide bonds. The van der Waals surface area contributed by atoms with Crippen molar-refractivity contribution in [2.24, 2.45) is 10.7 Å². The van der Waals surface area contributed by atoms with Crippen molar-refractivity contribution in [2.75, 3.05) is 20.2 Å².